The van der Waals surface area contributed by atoms with E-state index >= 15 is 0 Å². The Hall–Kier alpha value is -3.15. The van der Waals surface area contributed by atoms with Gasteiger partial charge in [-0.25, -0.2) is 4.79 Å². The number of imide groups is 1. The maximum atomic E-state index is 13.6. The molecule has 2 aliphatic heterocycles. The van der Waals surface area contributed by atoms with Crippen LogP contribution in [0.25, 0.3) is 0 Å². The number of para-hydroxylation sites is 1. The first kappa shape index (κ1) is 21.1. The third kappa shape index (κ3) is 3.71. The van der Waals surface area contributed by atoms with Gasteiger partial charge in [-0.2, -0.15) is 0 Å². The number of nitrogens with one attached hydrogen (secondary N) is 1. The average molecular weight is 420 g/mol. The minimum Gasteiger partial charge on any atom is -0.311 e. The summed E-state index contributed by atoms with van der Waals surface area (Å²) < 4.78 is 0. The third-order valence-corrected chi connectivity index (χ3v) is 6.19. The molecule has 4 rings (SSSR count). The van der Waals surface area contributed by atoms with E-state index in [4.69, 9.17) is 0 Å². The van der Waals surface area contributed by atoms with Crippen molar-refractivity contribution in [3.05, 3.63) is 65.7 Å². The summed E-state index contributed by atoms with van der Waals surface area (Å²) in [4.78, 5) is 42.7. The standard InChI is InChI=1S/C25H29N3O3/c1-2-3-4-5-6-12-17-27-22(29)25(26-24(27)31)20-15-10-11-16-21(20)28(23(25)30)18-19-13-8-7-9-14-19/h7-11,13-16H,2-6,12,17-18H2,1H3,(H,26,31). The molecule has 1 unspecified atom stereocenters. The number of amides is 4. The highest BCUT2D eigenvalue weighted by atomic mass is 16.2. The quantitative estimate of drug-likeness (QED) is 0.373. The van der Waals surface area contributed by atoms with Crippen LogP contribution in [0.4, 0.5) is 10.5 Å². The molecule has 162 valence electrons. The van der Waals surface area contributed by atoms with E-state index in [0.717, 1.165) is 24.8 Å². The Kier molecular flexibility index (Phi) is 6.07. The van der Waals surface area contributed by atoms with Crippen molar-refractivity contribution in [2.75, 3.05) is 11.4 Å². The Morgan fingerprint density at radius 2 is 1.42 bits per heavy atom. The third-order valence-electron chi connectivity index (χ3n) is 6.19. The molecule has 0 aliphatic carbocycles. The zero-order valence-corrected chi connectivity index (χ0v) is 18.0. The van der Waals surface area contributed by atoms with Crippen LogP contribution in [0.5, 0.6) is 0 Å². The van der Waals surface area contributed by atoms with E-state index in [9.17, 15) is 14.4 Å². The topological polar surface area (TPSA) is 69.7 Å². The van der Waals surface area contributed by atoms with Gasteiger partial charge in [0.25, 0.3) is 11.8 Å². The summed E-state index contributed by atoms with van der Waals surface area (Å²) in [5.41, 5.74) is 0.541. The Balaban J connectivity index is 1.56. The molecule has 2 aliphatic rings. The molecule has 2 heterocycles. The normalized spacial score (nSPS) is 20.0. The lowest BCUT2D eigenvalue weighted by Gasteiger charge is -2.22. The summed E-state index contributed by atoms with van der Waals surface area (Å²) in [6, 6.07) is 16.4. The van der Waals surface area contributed by atoms with Crippen molar-refractivity contribution in [2.24, 2.45) is 0 Å². The van der Waals surface area contributed by atoms with E-state index < -0.39 is 17.5 Å². The fourth-order valence-corrected chi connectivity index (χ4v) is 4.53. The average Bonchev–Trinajstić information content (AvgIpc) is 3.18. The molecule has 0 aromatic heterocycles. The van der Waals surface area contributed by atoms with E-state index in [1.54, 1.807) is 17.0 Å². The van der Waals surface area contributed by atoms with Crippen molar-refractivity contribution in [2.45, 2.75) is 57.5 Å². The van der Waals surface area contributed by atoms with Gasteiger partial charge < -0.3 is 10.2 Å². The SMILES string of the molecule is CCCCCCCCN1C(=O)NC2(C1=O)C(=O)N(Cc1ccccc1)c1ccccc12. The number of rotatable bonds is 9. The number of fused-ring (bicyclic) bond motifs is 2. The molecule has 6 nitrogen and oxygen atoms in total. The lowest BCUT2D eigenvalue weighted by molar-refractivity contribution is -0.138. The minimum absolute atomic E-state index is 0.340. The van der Waals surface area contributed by atoms with Crippen molar-refractivity contribution in [1.82, 2.24) is 10.2 Å². The maximum Gasteiger partial charge on any atom is 0.325 e. The van der Waals surface area contributed by atoms with Gasteiger partial charge >= 0.3 is 6.03 Å². The van der Waals surface area contributed by atoms with Gasteiger partial charge in [-0.3, -0.25) is 14.5 Å². The Morgan fingerprint density at radius 1 is 0.774 bits per heavy atom. The van der Waals surface area contributed by atoms with Gasteiger partial charge in [-0.1, -0.05) is 87.6 Å². The Bertz CT molecular complexity index is 975. The smallest absolute Gasteiger partial charge is 0.311 e. The molecular weight excluding hydrogens is 390 g/mol. The Morgan fingerprint density at radius 3 is 2.19 bits per heavy atom. The molecular formula is C25H29N3O3. The van der Waals surface area contributed by atoms with Crippen LogP contribution in [0.3, 0.4) is 0 Å². The lowest BCUT2D eigenvalue weighted by atomic mass is 9.91. The first-order valence-electron chi connectivity index (χ1n) is 11.2. The van der Waals surface area contributed by atoms with Crippen LogP contribution in [-0.4, -0.2) is 29.3 Å². The lowest BCUT2D eigenvalue weighted by Crippen LogP contribution is -2.52. The van der Waals surface area contributed by atoms with Gasteiger partial charge in [0.05, 0.1) is 12.2 Å². The fraction of sp³-hybridized carbons (Fsp3) is 0.400. The molecule has 1 N–H and O–H groups in total. The molecule has 0 saturated carbocycles. The Labute approximate surface area is 183 Å². The second-order valence-corrected chi connectivity index (χ2v) is 8.30. The van der Waals surface area contributed by atoms with Crippen LogP contribution in [0.1, 0.15) is 56.6 Å². The summed E-state index contributed by atoms with van der Waals surface area (Å²) in [7, 11) is 0. The minimum atomic E-state index is -1.65. The first-order chi connectivity index (χ1) is 15.1. The van der Waals surface area contributed by atoms with Gasteiger partial charge in [-0.15, -0.1) is 0 Å². The first-order valence-corrected chi connectivity index (χ1v) is 11.2. The van der Waals surface area contributed by atoms with Crippen LogP contribution in [0, 0.1) is 0 Å². The predicted octanol–water partition coefficient (Wildman–Crippen LogP) is 4.34. The monoisotopic (exact) mass is 419 g/mol. The highest BCUT2D eigenvalue weighted by Gasteiger charge is 2.63. The fourth-order valence-electron chi connectivity index (χ4n) is 4.53. The summed E-state index contributed by atoms with van der Waals surface area (Å²) in [6.45, 7) is 2.86. The van der Waals surface area contributed by atoms with Crippen LogP contribution in [-0.2, 0) is 21.7 Å². The summed E-state index contributed by atoms with van der Waals surface area (Å²) in [6.07, 6.45) is 6.36. The van der Waals surface area contributed by atoms with E-state index in [1.807, 2.05) is 42.5 Å². The highest BCUT2D eigenvalue weighted by molar-refractivity contribution is 6.27. The molecule has 6 heteroatoms. The van der Waals surface area contributed by atoms with E-state index in [2.05, 4.69) is 12.2 Å². The van der Waals surface area contributed by atoms with Gasteiger partial charge in [-0.05, 0) is 18.1 Å². The number of hydrogen-bond acceptors (Lipinski definition) is 3. The molecule has 4 amide bonds. The number of urea groups is 1. The van der Waals surface area contributed by atoms with Crippen molar-refractivity contribution >= 4 is 23.5 Å². The number of carbonyl (C=O) groups excluding carboxylic acids is 3. The molecule has 1 atom stereocenters. The predicted molar refractivity (Wildman–Crippen MR) is 119 cm³/mol. The van der Waals surface area contributed by atoms with E-state index in [0.29, 0.717) is 24.3 Å². The largest absolute Gasteiger partial charge is 0.325 e. The van der Waals surface area contributed by atoms with Crippen LogP contribution >= 0.6 is 0 Å². The highest BCUT2D eigenvalue weighted by Crippen LogP contribution is 2.44. The molecule has 0 radical (unpaired) electrons. The molecule has 2 aromatic carbocycles. The van der Waals surface area contributed by atoms with Crippen molar-refractivity contribution in [1.29, 1.82) is 0 Å². The second kappa shape index (κ2) is 8.92. The molecule has 0 bridgehead atoms. The van der Waals surface area contributed by atoms with E-state index in [-0.39, 0.29) is 5.91 Å². The molecule has 1 saturated heterocycles. The van der Waals surface area contributed by atoms with Gasteiger partial charge in [0, 0.05) is 12.1 Å². The second-order valence-electron chi connectivity index (χ2n) is 8.30. The van der Waals surface area contributed by atoms with Gasteiger partial charge in [0.2, 0.25) is 5.54 Å². The summed E-state index contributed by atoms with van der Waals surface area (Å²) in [5, 5.41) is 2.76. The van der Waals surface area contributed by atoms with Gasteiger partial charge in [0.15, 0.2) is 0 Å². The number of nitrogens with zero attached hydrogens (tertiary/aromatic N) is 2. The summed E-state index contributed by atoms with van der Waals surface area (Å²) in [5.74, 6) is -0.847. The van der Waals surface area contributed by atoms with Crippen LogP contribution in [0.15, 0.2) is 54.6 Å². The molecule has 1 spiro atoms. The maximum absolute atomic E-state index is 13.6. The zero-order chi connectivity index (χ0) is 21.8. The number of unbranched alkanes of at least 4 members (excludes halogenated alkanes) is 5. The number of hydrogen-bond donors (Lipinski definition) is 1. The molecule has 2 aromatic rings. The van der Waals surface area contributed by atoms with E-state index in [1.165, 1.54) is 24.2 Å². The number of anilines is 1. The van der Waals surface area contributed by atoms with Crippen LogP contribution in [0.2, 0.25) is 0 Å². The summed E-state index contributed by atoms with van der Waals surface area (Å²) >= 11 is 0. The molecule has 31 heavy (non-hydrogen) atoms. The van der Waals surface area contributed by atoms with Crippen molar-refractivity contribution < 1.29 is 14.4 Å². The van der Waals surface area contributed by atoms with Gasteiger partial charge in [0.1, 0.15) is 0 Å². The van der Waals surface area contributed by atoms with Crippen LogP contribution < -0.4 is 10.2 Å². The number of carbonyl (C=O) groups is 3. The number of benzene rings is 2. The van der Waals surface area contributed by atoms with Crippen molar-refractivity contribution in [3.63, 3.8) is 0 Å². The molecule has 1 fully saturated rings. The van der Waals surface area contributed by atoms with Crippen molar-refractivity contribution in [3.8, 4) is 0 Å². The zero-order valence-electron chi connectivity index (χ0n) is 18.0.